The van der Waals surface area contributed by atoms with Crippen molar-refractivity contribution < 1.29 is 9.53 Å². The summed E-state index contributed by atoms with van der Waals surface area (Å²) in [4.78, 5) is 11.9. The molecule has 0 saturated heterocycles. The van der Waals surface area contributed by atoms with Crippen LogP contribution in [0.25, 0.3) is 0 Å². The van der Waals surface area contributed by atoms with Gasteiger partial charge in [0, 0.05) is 13.7 Å². The van der Waals surface area contributed by atoms with Crippen molar-refractivity contribution in [2.75, 3.05) is 26.8 Å². The van der Waals surface area contributed by atoms with Crippen LogP contribution in [-0.2, 0) is 11.3 Å². The molecular formula is C11H16ClN3O2. The molecule has 1 aromatic heterocycles. The molecule has 1 aromatic rings. The van der Waals surface area contributed by atoms with E-state index in [-0.39, 0.29) is 12.3 Å². The van der Waals surface area contributed by atoms with Crippen LogP contribution in [0.4, 0.5) is 0 Å². The SMILES string of the molecule is C=CCNCC(=O)c1c(Cl)cnn1CCOC. The van der Waals surface area contributed by atoms with Crippen molar-refractivity contribution in [2.45, 2.75) is 6.54 Å². The van der Waals surface area contributed by atoms with Crippen molar-refractivity contribution in [2.24, 2.45) is 0 Å². The predicted octanol–water partition coefficient (Wildman–Crippen LogP) is 1.14. The van der Waals surface area contributed by atoms with Crippen molar-refractivity contribution in [3.8, 4) is 0 Å². The Kier molecular flexibility index (Phi) is 5.90. The Bertz CT molecular complexity index is 390. The number of hydrogen-bond donors (Lipinski definition) is 1. The second-order valence-corrected chi connectivity index (χ2v) is 3.81. The molecule has 0 aromatic carbocycles. The maximum absolute atomic E-state index is 11.9. The van der Waals surface area contributed by atoms with Crippen molar-refractivity contribution in [3.63, 3.8) is 0 Å². The molecule has 0 radical (unpaired) electrons. The second-order valence-electron chi connectivity index (χ2n) is 3.40. The van der Waals surface area contributed by atoms with Gasteiger partial charge in [-0.1, -0.05) is 17.7 Å². The lowest BCUT2D eigenvalue weighted by atomic mass is 10.2. The Balaban J connectivity index is 2.69. The number of nitrogens with one attached hydrogen (secondary N) is 1. The number of ketones is 1. The first-order chi connectivity index (χ1) is 8.20. The molecule has 0 atom stereocenters. The second kappa shape index (κ2) is 7.21. The first kappa shape index (κ1) is 13.9. The van der Waals surface area contributed by atoms with E-state index >= 15 is 0 Å². The van der Waals surface area contributed by atoms with Crippen LogP contribution < -0.4 is 5.32 Å². The zero-order valence-electron chi connectivity index (χ0n) is 9.78. The van der Waals surface area contributed by atoms with Crippen LogP contribution in [0.2, 0.25) is 5.02 Å². The topological polar surface area (TPSA) is 56.2 Å². The molecule has 0 aliphatic heterocycles. The minimum Gasteiger partial charge on any atom is -0.383 e. The van der Waals surface area contributed by atoms with Crippen LogP contribution in [0.1, 0.15) is 10.5 Å². The summed E-state index contributed by atoms with van der Waals surface area (Å²) in [6, 6.07) is 0. The third-order valence-corrected chi connectivity index (χ3v) is 2.42. The highest BCUT2D eigenvalue weighted by Gasteiger charge is 2.16. The lowest BCUT2D eigenvalue weighted by molar-refractivity contribution is 0.0978. The first-order valence-corrected chi connectivity index (χ1v) is 5.63. The third-order valence-electron chi connectivity index (χ3n) is 2.14. The molecule has 17 heavy (non-hydrogen) atoms. The molecule has 0 aliphatic carbocycles. The van der Waals surface area contributed by atoms with Crippen molar-refractivity contribution >= 4 is 17.4 Å². The van der Waals surface area contributed by atoms with Gasteiger partial charge in [-0.25, -0.2) is 0 Å². The summed E-state index contributed by atoms with van der Waals surface area (Å²) in [7, 11) is 1.60. The Hall–Kier alpha value is -1.17. The van der Waals surface area contributed by atoms with Crippen LogP contribution in [0, 0.1) is 0 Å². The molecule has 6 heteroatoms. The fourth-order valence-corrected chi connectivity index (χ4v) is 1.61. The number of nitrogens with zero attached hydrogens (tertiary/aromatic N) is 2. The largest absolute Gasteiger partial charge is 0.383 e. The van der Waals surface area contributed by atoms with Gasteiger partial charge in [0.05, 0.1) is 30.9 Å². The standard InChI is InChI=1S/C11H16ClN3O2/c1-3-4-13-8-10(16)11-9(12)7-14-15(11)5-6-17-2/h3,7,13H,1,4-6,8H2,2H3. The van der Waals surface area contributed by atoms with Gasteiger partial charge in [-0.3, -0.25) is 9.48 Å². The molecule has 94 valence electrons. The van der Waals surface area contributed by atoms with Crippen LogP contribution >= 0.6 is 11.6 Å². The summed E-state index contributed by atoms with van der Waals surface area (Å²) in [6.07, 6.45) is 3.16. The van der Waals surface area contributed by atoms with Crippen molar-refractivity contribution in [1.82, 2.24) is 15.1 Å². The zero-order valence-corrected chi connectivity index (χ0v) is 10.5. The van der Waals surface area contributed by atoms with Gasteiger partial charge < -0.3 is 10.1 Å². The van der Waals surface area contributed by atoms with E-state index in [9.17, 15) is 4.79 Å². The average molecular weight is 258 g/mol. The van der Waals surface area contributed by atoms with Gasteiger partial charge >= 0.3 is 0 Å². The van der Waals surface area contributed by atoms with E-state index in [2.05, 4.69) is 17.0 Å². The number of carbonyl (C=O) groups excluding carboxylic acids is 1. The van der Waals surface area contributed by atoms with Gasteiger partial charge in [-0.15, -0.1) is 6.58 Å². The number of ether oxygens (including phenoxy) is 1. The smallest absolute Gasteiger partial charge is 0.196 e. The molecule has 1 rings (SSSR count). The number of methoxy groups -OCH3 is 1. The summed E-state index contributed by atoms with van der Waals surface area (Å²) in [5, 5.41) is 7.34. The van der Waals surface area contributed by atoms with E-state index in [1.807, 2.05) is 0 Å². The maximum atomic E-state index is 11.9. The highest BCUT2D eigenvalue weighted by molar-refractivity contribution is 6.33. The summed E-state index contributed by atoms with van der Waals surface area (Å²) in [5.41, 5.74) is 0.417. The van der Waals surface area contributed by atoms with E-state index in [4.69, 9.17) is 16.3 Å². The molecule has 0 saturated carbocycles. The number of Topliss-reactive ketones (excluding diaryl/α,β-unsaturated/α-hetero) is 1. The van der Waals surface area contributed by atoms with Crippen LogP contribution in [0.5, 0.6) is 0 Å². The van der Waals surface area contributed by atoms with Crippen molar-refractivity contribution in [1.29, 1.82) is 0 Å². The van der Waals surface area contributed by atoms with Crippen LogP contribution in [0.3, 0.4) is 0 Å². The molecule has 5 nitrogen and oxygen atoms in total. The van der Waals surface area contributed by atoms with Gasteiger partial charge in [0.15, 0.2) is 5.78 Å². The average Bonchev–Trinajstić information content (AvgIpc) is 2.68. The highest BCUT2D eigenvalue weighted by Crippen LogP contribution is 2.15. The fraction of sp³-hybridized carbons (Fsp3) is 0.455. The molecule has 0 amide bonds. The van der Waals surface area contributed by atoms with Gasteiger partial charge in [-0.2, -0.15) is 5.10 Å². The summed E-state index contributed by atoms with van der Waals surface area (Å²) in [6.45, 7) is 5.34. The molecular weight excluding hydrogens is 242 g/mol. The number of carbonyl (C=O) groups is 1. The quantitative estimate of drug-likeness (QED) is 0.431. The Labute approximate surface area is 105 Å². The molecule has 0 aliphatic rings. The first-order valence-electron chi connectivity index (χ1n) is 5.25. The van der Waals surface area contributed by atoms with E-state index in [0.717, 1.165) is 0 Å². The minimum absolute atomic E-state index is 0.0922. The number of rotatable bonds is 8. The predicted molar refractivity (Wildman–Crippen MR) is 66.5 cm³/mol. The molecule has 1 heterocycles. The molecule has 0 unspecified atom stereocenters. The van der Waals surface area contributed by atoms with Gasteiger partial charge in [0.25, 0.3) is 0 Å². The third kappa shape index (κ3) is 3.96. The lowest BCUT2D eigenvalue weighted by Gasteiger charge is -2.07. The fourth-order valence-electron chi connectivity index (χ4n) is 1.36. The van der Waals surface area contributed by atoms with E-state index in [1.54, 1.807) is 17.9 Å². The van der Waals surface area contributed by atoms with Gasteiger partial charge in [0.2, 0.25) is 0 Å². The van der Waals surface area contributed by atoms with E-state index in [1.165, 1.54) is 6.20 Å². The minimum atomic E-state index is -0.0922. The van der Waals surface area contributed by atoms with Crippen LogP contribution in [-0.4, -0.2) is 42.4 Å². The van der Waals surface area contributed by atoms with Crippen molar-refractivity contribution in [3.05, 3.63) is 29.6 Å². The Morgan fingerprint density at radius 1 is 1.76 bits per heavy atom. The van der Waals surface area contributed by atoms with Gasteiger partial charge in [0.1, 0.15) is 5.69 Å². The zero-order chi connectivity index (χ0) is 12.7. The lowest BCUT2D eigenvalue weighted by Crippen LogP contribution is -2.25. The summed E-state index contributed by atoms with van der Waals surface area (Å²) >= 11 is 5.94. The maximum Gasteiger partial charge on any atom is 0.196 e. The van der Waals surface area contributed by atoms with Gasteiger partial charge in [-0.05, 0) is 0 Å². The number of halogens is 1. The number of aromatic nitrogens is 2. The van der Waals surface area contributed by atoms with Crippen LogP contribution in [0.15, 0.2) is 18.9 Å². The van der Waals surface area contributed by atoms with E-state index in [0.29, 0.717) is 30.4 Å². The monoisotopic (exact) mass is 257 g/mol. The Morgan fingerprint density at radius 3 is 3.18 bits per heavy atom. The normalized spacial score (nSPS) is 10.5. The highest BCUT2D eigenvalue weighted by atomic mass is 35.5. The Morgan fingerprint density at radius 2 is 2.53 bits per heavy atom. The molecule has 1 N–H and O–H groups in total. The summed E-state index contributed by atoms with van der Waals surface area (Å²) in [5.74, 6) is -0.0922. The molecule has 0 fully saturated rings. The molecule has 0 spiro atoms. The summed E-state index contributed by atoms with van der Waals surface area (Å²) < 4.78 is 6.50. The number of hydrogen-bond acceptors (Lipinski definition) is 4. The molecule has 0 bridgehead atoms. The van der Waals surface area contributed by atoms with E-state index < -0.39 is 0 Å².